The van der Waals surface area contributed by atoms with Gasteiger partial charge in [0.05, 0.1) is 5.56 Å². The smallest absolute Gasteiger partial charge is 0.416 e. The van der Waals surface area contributed by atoms with Gasteiger partial charge in [0.15, 0.2) is 0 Å². The number of imidazole rings is 1. The van der Waals surface area contributed by atoms with E-state index in [0.29, 0.717) is 26.1 Å². The van der Waals surface area contributed by atoms with Gasteiger partial charge in [0.2, 0.25) is 0 Å². The lowest BCUT2D eigenvalue weighted by atomic mass is 10.1. The zero-order valence-electron chi connectivity index (χ0n) is 24.7. The van der Waals surface area contributed by atoms with Crippen molar-refractivity contribution in [3.05, 3.63) is 100 Å². The Morgan fingerprint density at radius 3 is 2.11 bits per heavy atom. The summed E-state index contributed by atoms with van der Waals surface area (Å²) in [5.41, 5.74) is 3.41. The van der Waals surface area contributed by atoms with Crippen LogP contribution < -0.4 is 24.2 Å². The van der Waals surface area contributed by atoms with Crippen LogP contribution in [-0.2, 0) is 19.3 Å². The van der Waals surface area contributed by atoms with E-state index in [1.807, 2.05) is 48.3 Å². The van der Waals surface area contributed by atoms with Crippen LogP contribution in [0.3, 0.4) is 0 Å². The number of alkyl halides is 3. The molecule has 0 radical (unpaired) electrons. The number of hydrogen-bond acceptors (Lipinski definition) is 8. The third-order valence-corrected chi connectivity index (χ3v) is 8.15. The summed E-state index contributed by atoms with van der Waals surface area (Å²) in [5.74, 6) is 0.505. The molecule has 2 aliphatic rings. The fraction of sp³-hybridized carbons (Fsp3) is 0.344. The highest BCUT2D eigenvalue weighted by Crippen LogP contribution is 2.30. The molecule has 236 valence electrons. The zero-order valence-corrected chi connectivity index (χ0v) is 24.7. The lowest BCUT2D eigenvalue weighted by molar-refractivity contribution is -0.389. The Bertz CT molecular complexity index is 1600. The lowest BCUT2D eigenvalue weighted by Gasteiger charge is -2.37. The normalized spacial score (nSPS) is 16.6. The molecule has 10 nitrogen and oxygen atoms in total. The molecule has 1 aromatic heterocycles. The van der Waals surface area contributed by atoms with Gasteiger partial charge in [-0.05, 0) is 71.2 Å². The SMILES string of the molecule is CN(Cc1ccc(C(F)(F)F)cc1)c1ccc(N2CCN(c3ccc(OCC4CCn5cc([N+](=O)[O-])nc5O4)cc3)CC2)cc1. The molecule has 45 heavy (non-hydrogen) atoms. The Balaban J connectivity index is 0.957. The largest absolute Gasteiger partial charge is 0.490 e. The van der Waals surface area contributed by atoms with Crippen LogP contribution in [0.25, 0.3) is 0 Å². The van der Waals surface area contributed by atoms with Crippen molar-refractivity contribution in [1.82, 2.24) is 9.55 Å². The standard InChI is InChI=1S/C32H33F3N6O4/c1-37(20-23-2-4-24(5-3-23)32(33,34)35)25-6-8-26(9-7-25)38-16-18-39(19-17-38)27-10-12-28(13-11-27)44-22-29-14-15-40-21-30(41(42)43)36-31(40)45-29/h2-13,21,29H,14-20,22H2,1H3. The Kier molecular flexibility index (Phi) is 8.42. The molecule has 0 N–H and O–H groups in total. The van der Waals surface area contributed by atoms with Crippen molar-refractivity contribution in [1.29, 1.82) is 0 Å². The van der Waals surface area contributed by atoms with Crippen LogP contribution in [0.1, 0.15) is 17.5 Å². The molecule has 4 aromatic rings. The molecule has 6 rings (SSSR count). The predicted molar refractivity (Wildman–Crippen MR) is 164 cm³/mol. The number of aryl methyl sites for hydroxylation is 1. The number of ether oxygens (including phenoxy) is 2. The van der Waals surface area contributed by atoms with Gasteiger partial charge in [-0.15, -0.1) is 0 Å². The highest BCUT2D eigenvalue weighted by molar-refractivity contribution is 5.58. The number of hydrogen-bond donors (Lipinski definition) is 0. The average Bonchev–Trinajstić information content (AvgIpc) is 3.48. The van der Waals surface area contributed by atoms with Gasteiger partial charge in [-0.2, -0.15) is 13.2 Å². The highest BCUT2D eigenvalue weighted by atomic mass is 19.4. The van der Waals surface area contributed by atoms with Crippen molar-refractivity contribution in [2.24, 2.45) is 0 Å². The number of nitrogens with zero attached hydrogens (tertiary/aromatic N) is 6. The maximum atomic E-state index is 12.8. The summed E-state index contributed by atoms with van der Waals surface area (Å²) in [6.07, 6.45) is -2.51. The van der Waals surface area contributed by atoms with Gasteiger partial charge in [-0.3, -0.25) is 4.57 Å². The Hall–Kier alpha value is -4.94. The molecule has 0 saturated carbocycles. The van der Waals surface area contributed by atoms with Gasteiger partial charge >= 0.3 is 18.0 Å². The van der Waals surface area contributed by atoms with E-state index < -0.39 is 16.7 Å². The van der Waals surface area contributed by atoms with E-state index >= 15 is 0 Å². The van der Waals surface area contributed by atoms with Crippen molar-refractivity contribution < 1.29 is 27.6 Å². The number of piperazine rings is 1. The van der Waals surface area contributed by atoms with Gasteiger partial charge < -0.3 is 34.3 Å². The molecular formula is C32H33F3N6O4. The maximum absolute atomic E-state index is 12.8. The van der Waals surface area contributed by atoms with E-state index in [9.17, 15) is 23.3 Å². The summed E-state index contributed by atoms with van der Waals surface area (Å²) in [7, 11) is 1.93. The van der Waals surface area contributed by atoms with Crippen molar-refractivity contribution >= 4 is 22.9 Å². The average molecular weight is 623 g/mol. The van der Waals surface area contributed by atoms with E-state index in [0.717, 1.165) is 66.7 Å². The molecule has 1 unspecified atom stereocenters. The van der Waals surface area contributed by atoms with E-state index in [2.05, 4.69) is 26.9 Å². The lowest BCUT2D eigenvalue weighted by Crippen LogP contribution is -2.46. The molecule has 0 bridgehead atoms. The van der Waals surface area contributed by atoms with Gasteiger partial charge in [0, 0.05) is 74.8 Å². The molecule has 0 aliphatic carbocycles. The molecule has 2 aliphatic heterocycles. The number of halogens is 3. The first-order chi connectivity index (χ1) is 21.6. The number of aromatic nitrogens is 2. The second kappa shape index (κ2) is 12.6. The molecule has 0 amide bonds. The number of benzene rings is 3. The minimum Gasteiger partial charge on any atom is -0.490 e. The fourth-order valence-electron chi connectivity index (χ4n) is 5.58. The fourth-order valence-corrected chi connectivity index (χ4v) is 5.58. The quantitative estimate of drug-likeness (QED) is 0.166. The Morgan fingerprint density at radius 2 is 1.53 bits per heavy atom. The van der Waals surface area contributed by atoms with Crippen LogP contribution >= 0.6 is 0 Å². The van der Waals surface area contributed by atoms with Crippen molar-refractivity contribution in [2.45, 2.75) is 31.8 Å². The molecule has 1 fully saturated rings. The van der Waals surface area contributed by atoms with Crippen LogP contribution in [0.4, 0.5) is 36.1 Å². The van der Waals surface area contributed by atoms with Crippen molar-refractivity contribution in [2.75, 3.05) is 54.5 Å². The van der Waals surface area contributed by atoms with Crippen LogP contribution in [0, 0.1) is 10.1 Å². The third kappa shape index (κ3) is 7.08. The third-order valence-electron chi connectivity index (χ3n) is 8.15. The van der Waals surface area contributed by atoms with Crippen molar-refractivity contribution in [3.63, 3.8) is 0 Å². The van der Waals surface area contributed by atoms with Crippen LogP contribution in [0.2, 0.25) is 0 Å². The molecule has 3 aromatic carbocycles. The Labute approximate surface area is 258 Å². The number of nitro groups is 1. The highest BCUT2D eigenvalue weighted by Gasteiger charge is 2.30. The van der Waals surface area contributed by atoms with Crippen LogP contribution in [-0.4, -0.2) is 60.4 Å². The monoisotopic (exact) mass is 622 g/mol. The van der Waals surface area contributed by atoms with Gasteiger partial charge in [-0.1, -0.05) is 12.1 Å². The second-order valence-corrected chi connectivity index (χ2v) is 11.2. The molecule has 0 spiro atoms. The molecule has 1 saturated heterocycles. The Morgan fingerprint density at radius 1 is 0.933 bits per heavy atom. The van der Waals surface area contributed by atoms with E-state index in [-0.39, 0.29) is 17.9 Å². The molecule has 3 heterocycles. The zero-order chi connectivity index (χ0) is 31.6. The summed E-state index contributed by atoms with van der Waals surface area (Å²) in [4.78, 5) is 21.1. The topological polar surface area (TPSA) is 89.1 Å². The molecule has 13 heteroatoms. The predicted octanol–water partition coefficient (Wildman–Crippen LogP) is 6.00. The minimum atomic E-state index is -4.33. The first-order valence-electron chi connectivity index (χ1n) is 14.7. The summed E-state index contributed by atoms with van der Waals surface area (Å²) in [6, 6.07) is 21.8. The van der Waals surface area contributed by atoms with Crippen molar-refractivity contribution in [3.8, 4) is 11.8 Å². The van der Waals surface area contributed by atoms with E-state index in [1.54, 1.807) is 4.57 Å². The second-order valence-electron chi connectivity index (χ2n) is 11.2. The first kappa shape index (κ1) is 30.1. The van der Waals surface area contributed by atoms with E-state index in [4.69, 9.17) is 9.47 Å². The summed E-state index contributed by atoms with van der Waals surface area (Å²) < 4.78 is 51.9. The van der Waals surface area contributed by atoms with E-state index in [1.165, 1.54) is 18.3 Å². The first-order valence-corrected chi connectivity index (χ1v) is 14.7. The van der Waals surface area contributed by atoms with Gasteiger partial charge in [0.1, 0.15) is 24.7 Å². The summed E-state index contributed by atoms with van der Waals surface area (Å²) >= 11 is 0. The van der Waals surface area contributed by atoms with Gasteiger partial charge in [0.25, 0.3) is 0 Å². The minimum absolute atomic E-state index is 0.221. The molecule has 1 atom stereocenters. The summed E-state index contributed by atoms with van der Waals surface area (Å²) in [6.45, 7) is 4.88. The van der Waals surface area contributed by atoms with Crippen LogP contribution in [0.5, 0.6) is 11.8 Å². The maximum Gasteiger partial charge on any atom is 0.416 e. The van der Waals surface area contributed by atoms with Gasteiger partial charge in [-0.25, -0.2) is 0 Å². The number of rotatable bonds is 9. The molecular weight excluding hydrogens is 589 g/mol. The number of fused-ring (bicyclic) bond motifs is 1. The summed E-state index contributed by atoms with van der Waals surface area (Å²) in [5, 5.41) is 11.0. The van der Waals surface area contributed by atoms with Crippen LogP contribution in [0.15, 0.2) is 79.0 Å². The number of anilines is 3.